The first-order chi connectivity index (χ1) is 19.0. The Labute approximate surface area is 222 Å². The number of ether oxygens (including phenoxy) is 2. The zero-order chi connectivity index (χ0) is 27.2. The smallest absolute Gasteiger partial charge is 0.330 e. The Bertz CT molecular complexity index is 1480. The molecule has 0 aliphatic rings. The highest BCUT2D eigenvalue weighted by Gasteiger charge is 2.19. The van der Waals surface area contributed by atoms with E-state index in [9.17, 15) is 19.8 Å². The van der Waals surface area contributed by atoms with Gasteiger partial charge in [0.05, 0.1) is 11.9 Å². The monoisotopic (exact) mass is 518 g/mol. The summed E-state index contributed by atoms with van der Waals surface area (Å²) < 4.78 is 11.7. The van der Waals surface area contributed by atoms with Crippen molar-refractivity contribution in [2.75, 3.05) is 4.90 Å². The number of nitrogens with zero attached hydrogens (tertiary/aromatic N) is 4. The second-order valence-electron chi connectivity index (χ2n) is 8.03. The number of aromatic carboxylic acids is 2. The highest BCUT2D eigenvalue weighted by molar-refractivity contribution is 5.86. The molecule has 10 nitrogen and oxygen atoms in total. The van der Waals surface area contributed by atoms with Gasteiger partial charge in [-0.3, -0.25) is 4.90 Å². The van der Waals surface area contributed by atoms with Crippen LogP contribution in [0.1, 0.15) is 20.7 Å². The van der Waals surface area contributed by atoms with Gasteiger partial charge in [0.2, 0.25) is 5.95 Å². The molecule has 4 aromatic carbocycles. The fraction of sp³-hybridized carbons (Fsp3) is 0. The maximum Gasteiger partial charge on any atom is 0.330 e. The molecule has 1 aromatic heterocycles. The first kappa shape index (κ1) is 24.9. The summed E-state index contributed by atoms with van der Waals surface area (Å²) in [6, 6.07) is 29.7. The number of carbonyl (C=O) groups excluding carboxylic acids is 2. The van der Waals surface area contributed by atoms with Gasteiger partial charge in [0.25, 0.3) is 0 Å². The van der Waals surface area contributed by atoms with Crippen molar-refractivity contribution in [3.05, 3.63) is 120 Å². The molecule has 0 amide bonds. The number of anilines is 3. The molecule has 0 atom stereocenters. The first-order valence-electron chi connectivity index (χ1n) is 11.6. The summed E-state index contributed by atoms with van der Waals surface area (Å²) in [5.41, 5.74) is 1.48. The van der Waals surface area contributed by atoms with E-state index in [0.717, 1.165) is 11.4 Å². The molecule has 0 unspecified atom stereocenters. The van der Waals surface area contributed by atoms with Crippen molar-refractivity contribution in [3.8, 4) is 23.5 Å². The second-order valence-corrected chi connectivity index (χ2v) is 8.03. The molecule has 0 bridgehead atoms. The number of para-hydroxylation sites is 2. The zero-order valence-corrected chi connectivity index (χ0v) is 20.1. The number of hydrogen-bond donors (Lipinski definition) is 0. The SMILES string of the molecule is O=C([O-])c1ccc(Oc2nc(Oc3ccc(C(=O)[O-])cc3)nc(N(c3ccccc3)c3ccccc3)n2)cc1. The van der Waals surface area contributed by atoms with Crippen LogP contribution < -0.4 is 24.6 Å². The Kier molecular flexibility index (Phi) is 7.08. The summed E-state index contributed by atoms with van der Waals surface area (Å²) >= 11 is 0. The number of carboxylic acids is 2. The van der Waals surface area contributed by atoms with Crippen molar-refractivity contribution in [2.24, 2.45) is 0 Å². The van der Waals surface area contributed by atoms with E-state index in [0.29, 0.717) is 0 Å². The standard InChI is InChI=1S/C29H20N4O6/c34-25(35)19-11-15-23(16-12-19)38-28-30-27(31-29(32-28)39-24-17-13-20(14-18-24)26(36)37)33(21-7-3-1-4-8-21)22-9-5-2-6-10-22/h1-18H,(H,34,35)(H,36,37)/p-2. The van der Waals surface area contributed by atoms with Crippen molar-refractivity contribution < 1.29 is 29.3 Å². The molecule has 0 fully saturated rings. The van der Waals surface area contributed by atoms with E-state index >= 15 is 0 Å². The lowest BCUT2D eigenvalue weighted by molar-refractivity contribution is -0.256. The minimum absolute atomic E-state index is 0.0120. The number of hydrogen-bond acceptors (Lipinski definition) is 10. The Morgan fingerprint density at radius 3 is 1.28 bits per heavy atom. The van der Waals surface area contributed by atoms with Crippen molar-refractivity contribution >= 4 is 29.3 Å². The number of rotatable bonds is 9. The molecule has 0 saturated heterocycles. The van der Waals surface area contributed by atoms with Gasteiger partial charge in [0.1, 0.15) is 11.5 Å². The normalized spacial score (nSPS) is 10.5. The molecule has 0 N–H and O–H groups in total. The predicted octanol–water partition coefficient (Wildman–Crippen LogP) is 3.65. The quantitative estimate of drug-likeness (QED) is 0.284. The minimum Gasteiger partial charge on any atom is -0.545 e. The highest BCUT2D eigenvalue weighted by Crippen LogP contribution is 2.34. The Morgan fingerprint density at radius 2 is 0.923 bits per heavy atom. The number of aromatic nitrogens is 3. The number of carbonyl (C=O) groups is 2. The van der Waals surface area contributed by atoms with Gasteiger partial charge in [-0.05, 0) is 83.9 Å². The van der Waals surface area contributed by atoms with E-state index in [4.69, 9.17) is 9.47 Å². The number of carboxylic acid groups (broad SMARTS) is 2. The zero-order valence-electron chi connectivity index (χ0n) is 20.1. The van der Waals surface area contributed by atoms with Gasteiger partial charge in [-0.15, -0.1) is 4.98 Å². The summed E-state index contributed by atoms with van der Waals surface area (Å²) in [6.45, 7) is 0. The average molecular weight is 518 g/mol. The lowest BCUT2D eigenvalue weighted by atomic mass is 10.2. The Morgan fingerprint density at radius 1 is 0.538 bits per heavy atom. The molecular formula is C29H18N4O6-2. The van der Waals surface area contributed by atoms with E-state index in [1.807, 2.05) is 60.7 Å². The van der Waals surface area contributed by atoms with Crippen LogP contribution in [0.2, 0.25) is 0 Å². The van der Waals surface area contributed by atoms with Crippen LogP contribution >= 0.6 is 0 Å². The predicted molar refractivity (Wildman–Crippen MR) is 136 cm³/mol. The van der Waals surface area contributed by atoms with Crippen molar-refractivity contribution in [1.82, 2.24) is 15.0 Å². The molecule has 0 saturated carbocycles. The summed E-state index contributed by atoms with van der Waals surface area (Å²) in [7, 11) is 0. The molecule has 0 aliphatic carbocycles. The molecule has 5 aromatic rings. The molecule has 192 valence electrons. The van der Waals surface area contributed by atoms with Crippen LogP contribution in [0.25, 0.3) is 0 Å². The van der Waals surface area contributed by atoms with Gasteiger partial charge in [0, 0.05) is 11.4 Å². The van der Waals surface area contributed by atoms with E-state index in [-0.39, 0.29) is 40.6 Å². The molecule has 0 aliphatic heterocycles. The van der Waals surface area contributed by atoms with Crippen LogP contribution in [0.15, 0.2) is 109 Å². The minimum atomic E-state index is -1.31. The third-order valence-corrected chi connectivity index (χ3v) is 5.41. The second kappa shape index (κ2) is 11.1. The summed E-state index contributed by atoms with van der Waals surface area (Å²) in [4.78, 5) is 37.2. The van der Waals surface area contributed by atoms with E-state index in [1.165, 1.54) is 48.5 Å². The van der Waals surface area contributed by atoms with Crippen LogP contribution in [0.5, 0.6) is 23.5 Å². The highest BCUT2D eigenvalue weighted by atomic mass is 16.5. The van der Waals surface area contributed by atoms with Gasteiger partial charge in [0.15, 0.2) is 0 Å². The topological polar surface area (TPSA) is 141 Å². The molecule has 39 heavy (non-hydrogen) atoms. The first-order valence-corrected chi connectivity index (χ1v) is 11.6. The summed E-state index contributed by atoms with van der Waals surface area (Å²) in [5.74, 6) is -1.92. The maximum absolute atomic E-state index is 11.1. The van der Waals surface area contributed by atoms with E-state index < -0.39 is 11.9 Å². The summed E-state index contributed by atoms with van der Waals surface area (Å²) in [5, 5.41) is 22.2. The van der Waals surface area contributed by atoms with Gasteiger partial charge >= 0.3 is 12.0 Å². The molecule has 0 radical (unpaired) electrons. The van der Waals surface area contributed by atoms with Crippen molar-refractivity contribution in [1.29, 1.82) is 0 Å². The van der Waals surface area contributed by atoms with Crippen LogP contribution in [0.3, 0.4) is 0 Å². The Hall–Kier alpha value is -5.77. The van der Waals surface area contributed by atoms with Crippen LogP contribution in [-0.4, -0.2) is 26.9 Å². The fourth-order valence-electron chi connectivity index (χ4n) is 3.58. The van der Waals surface area contributed by atoms with Crippen LogP contribution in [0.4, 0.5) is 17.3 Å². The molecular weight excluding hydrogens is 500 g/mol. The van der Waals surface area contributed by atoms with Crippen LogP contribution in [-0.2, 0) is 0 Å². The maximum atomic E-state index is 11.1. The molecule has 5 rings (SSSR count). The fourth-order valence-corrected chi connectivity index (χ4v) is 3.58. The third-order valence-electron chi connectivity index (χ3n) is 5.41. The van der Waals surface area contributed by atoms with E-state index in [2.05, 4.69) is 15.0 Å². The van der Waals surface area contributed by atoms with Crippen LogP contribution in [0, 0.1) is 0 Å². The molecule has 10 heteroatoms. The summed E-state index contributed by atoms with van der Waals surface area (Å²) in [6.07, 6.45) is 0. The van der Waals surface area contributed by atoms with Gasteiger partial charge < -0.3 is 29.3 Å². The lowest BCUT2D eigenvalue weighted by Crippen LogP contribution is -2.21. The van der Waals surface area contributed by atoms with Gasteiger partial charge in [-0.25, -0.2) is 0 Å². The van der Waals surface area contributed by atoms with E-state index in [1.54, 1.807) is 4.90 Å². The number of benzene rings is 4. The van der Waals surface area contributed by atoms with Gasteiger partial charge in [-0.1, -0.05) is 36.4 Å². The third kappa shape index (κ3) is 5.97. The van der Waals surface area contributed by atoms with Crippen molar-refractivity contribution in [3.63, 3.8) is 0 Å². The van der Waals surface area contributed by atoms with Gasteiger partial charge in [-0.2, -0.15) is 9.97 Å². The molecule has 1 heterocycles. The molecule has 0 spiro atoms. The van der Waals surface area contributed by atoms with Crippen molar-refractivity contribution in [2.45, 2.75) is 0 Å². The largest absolute Gasteiger partial charge is 0.545 e. The lowest BCUT2D eigenvalue weighted by Gasteiger charge is -2.23. The average Bonchev–Trinajstić information content (AvgIpc) is 2.95. The Balaban J connectivity index is 1.57.